The van der Waals surface area contributed by atoms with Crippen LogP contribution >= 0.6 is 0 Å². The van der Waals surface area contributed by atoms with Gasteiger partial charge in [-0.25, -0.2) is 4.68 Å². The smallest absolute Gasteiger partial charge is 0.227 e. The second-order valence-corrected chi connectivity index (χ2v) is 7.25. The molecule has 7 heteroatoms. The first-order valence-corrected chi connectivity index (χ1v) is 9.94. The third kappa shape index (κ3) is 4.70. The first-order valence-electron chi connectivity index (χ1n) is 9.94. The first kappa shape index (κ1) is 19.3. The molecule has 7 nitrogen and oxygen atoms in total. The van der Waals surface area contributed by atoms with Crippen LogP contribution in [-0.4, -0.2) is 51.9 Å². The Hall–Kier alpha value is -3.03. The number of pyridine rings is 1. The summed E-state index contributed by atoms with van der Waals surface area (Å²) in [5, 5.41) is 11.1. The summed E-state index contributed by atoms with van der Waals surface area (Å²) in [6, 6.07) is 18.0. The first-order chi connectivity index (χ1) is 14.2. The number of carbonyl (C=O) groups excluding carboxylic acids is 1. The van der Waals surface area contributed by atoms with Crippen LogP contribution in [0.4, 0.5) is 0 Å². The Morgan fingerprint density at radius 3 is 2.83 bits per heavy atom. The molecule has 0 radical (unpaired) electrons. The highest BCUT2D eigenvalue weighted by molar-refractivity contribution is 5.78. The molecule has 1 atom stereocenters. The van der Waals surface area contributed by atoms with Crippen molar-refractivity contribution in [1.82, 2.24) is 30.3 Å². The molecule has 0 spiro atoms. The van der Waals surface area contributed by atoms with Crippen LogP contribution in [0, 0.1) is 6.92 Å². The second kappa shape index (κ2) is 8.98. The maximum atomic E-state index is 12.5. The Morgan fingerprint density at radius 1 is 1.21 bits per heavy atom. The summed E-state index contributed by atoms with van der Waals surface area (Å²) in [5.74, 6) is -0.0268. The Morgan fingerprint density at radius 2 is 2.03 bits per heavy atom. The van der Waals surface area contributed by atoms with E-state index in [-0.39, 0.29) is 18.4 Å². The van der Waals surface area contributed by atoms with E-state index in [2.05, 4.69) is 25.6 Å². The van der Waals surface area contributed by atoms with Crippen LogP contribution in [-0.2, 0) is 11.2 Å². The highest BCUT2D eigenvalue weighted by Gasteiger charge is 2.24. The van der Waals surface area contributed by atoms with Crippen molar-refractivity contribution in [2.75, 3.05) is 26.3 Å². The van der Waals surface area contributed by atoms with E-state index >= 15 is 0 Å². The maximum absolute atomic E-state index is 12.5. The van der Waals surface area contributed by atoms with Gasteiger partial charge < -0.3 is 10.6 Å². The number of hydrogen-bond donors (Lipinski definition) is 2. The molecule has 4 rings (SSSR count). The normalized spacial score (nSPS) is 17.2. The van der Waals surface area contributed by atoms with Crippen molar-refractivity contribution in [3.8, 4) is 5.69 Å². The van der Waals surface area contributed by atoms with Crippen molar-refractivity contribution >= 4 is 5.91 Å². The third-order valence-corrected chi connectivity index (χ3v) is 5.14. The SMILES string of the molecule is Cc1cc(CC(=O)NCN2CCNCC2c2ccccn2)nn1-c1ccccc1. The lowest BCUT2D eigenvalue weighted by atomic mass is 10.1. The number of carbonyl (C=O) groups is 1. The summed E-state index contributed by atoms with van der Waals surface area (Å²) in [6.07, 6.45) is 2.08. The molecule has 0 aliphatic carbocycles. The quantitative estimate of drug-likeness (QED) is 0.672. The molecule has 3 aromatic rings. The van der Waals surface area contributed by atoms with Crippen LogP contribution in [0.1, 0.15) is 23.1 Å². The minimum atomic E-state index is -0.0268. The van der Waals surface area contributed by atoms with Gasteiger partial charge in [-0.2, -0.15) is 5.10 Å². The lowest BCUT2D eigenvalue weighted by molar-refractivity contribution is -0.121. The summed E-state index contributed by atoms with van der Waals surface area (Å²) in [5.41, 5.74) is 3.80. The molecule has 1 aromatic carbocycles. The summed E-state index contributed by atoms with van der Waals surface area (Å²) in [6.45, 7) is 5.09. The average Bonchev–Trinajstić information content (AvgIpc) is 3.13. The largest absolute Gasteiger partial charge is 0.343 e. The van der Waals surface area contributed by atoms with Crippen LogP contribution < -0.4 is 10.6 Å². The van der Waals surface area contributed by atoms with Crippen LogP contribution in [0.5, 0.6) is 0 Å². The highest BCUT2D eigenvalue weighted by atomic mass is 16.1. The monoisotopic (exact) mass is 390 g/mol. The van der Waals surface area contributed by atoms with Crippen molar-refractivity contribution < 1.29 is 4.79 Å². The van der Waals surface area contributed by atoms with Gasteiger partial charge in [-0.15, -0.1) is 0 Å². The molecule has 1 saturated heterocycles. The van der Waals surface area contributed by atoms with Crippen molar-refractivity contribution in [2.24, 2.45) is 0 Å². The fourth-order valence-electron chi connectivity index (χ4n) is 3.67. The zero-order valence-electron chi connectivity index (χ0n) is 16.6. The van der Waals surface area contributed by atoms with Gasteiger partial charge in [-0.05, 0) is 37.3 Å². The molecular weight excluding hydrogens is 364 g/mol. The molecule has 3 heterocycles. The number of nitrogens with one attached hydrogen (secondary N) is 2. The van der Waals surface area contributed by atoms with Gasteiger partial charge in [0, 0.05) is 31.5 Å². The second-order valence-electron chi connectivity index (χ2n) is 7.25. The van der Waals surface area contributed by atoms with E-state index in [9.17, 15) is 4.79 Å². The molecule has 1 aliphatic rings. The van der Waals surface area contributed by atoms with E-state index < -0.39 is 0 Å². The van der Waals surface area contributed by atoms with Crippen molar-refractivity contribution in [1.29, 1.82) is 0 Å². The summed E-state index contributed by atoms with van der Waals surface area (Å²) in [4.78, 5) is 19.3. The van der Waals surface area contributed by atoms with Gasteiger partial charge >= 0.3 is 0 Å². The number of amides is 1. The predicted molar refractivity (Wildman–Crippen MR) is 112 cm³/mol. The summed E-state index contributed by atoms with van der Waals surface area (Å²) < 4.78 is 1.87. The van der Waals surface area contributed by atoms with Gasteiger partial charge in [0.25, 0.3) is 0 Å². The molecule has 29 heavy (non-hydrogen) atoms. The van der Waals surface area contributed by atoms with Crippen molar-refractivity contribution in [3.63, 3.8) is 0 Å². The molecule has 1 fully saturated rings. The lowest BCUT2D eigenvalue weighted by Gasteiger charge is -2.35. The van der Waals surface area contributed by atoms with E-state index in [1.807, 2.05) is 72.4 Å². The number of rotatable bonds is 6. The number of benzene rings is 1. The predicted octanol–water partition coefficient (Wildman–Crippen LogP) is 1.84. The average molecular weight is 390 g/mol. The number of piperazine rings is 1. The van der Waals surface area contributed by atoms with Crippen LogP contribution in [0.2, 0.25) is 0 Å². The van der Waals surface area contributed by atoms with E-state index in [0.29, 0.717) is 6.67 Å². The third-order valence-electron chi connectivity index (χ3n) is 5.14. The van der Waals surface area contributed by atoms with Gasteiger partial charge in [0.2, 0.25) is 5.91 Å². The Bertz CT molecular complexity index is 940. The standard InChI is InChI=1S/C22H26N6O/c1-17-13-18(26-28(17)19-7-3-2-4-8-19)14-22(29)25-16-27-12-11-23-15-21(27)20-9-5-6-10-24-20/h2-10,13,21,23H,11-12,14-16H2,1H3,(H,25,29). The number of aryl methyl sites for hydroxylation is 1. The fraction of sp³-hybridized carbons (Fsp3) is 0.318. The van der Waals surface area contributed by atoms with Crippen molar-refractivity contribution in [3.05, 3.63) is 77.9 Å². The summed E-state index contributed by atoms with van der Waals surface area (Å²) in [7, 11) is 0. The minimum absolute atomic E-state index is 0.0268. The van der Waals surface area contributed by atoms with Gasteiger partial charge in [0.05, 0.1) is 36.2 Å². The lowest BCUT2D eigenvalue weighted by Crippen LogP contribution is -2.50. The summed E-state index contributed by atoms with van der Waals surface area (Å²) >= 11 is 0. The molecule has 1 aliphatic heterocycles. The van der Waals surface area contributed by atoms with Gasteiger partial charge in [0.1, 0.15) is 0 Å². The number of nitrogens with zero attached hydrogens (tertiary/aromatic N) is 4. The van der Waals surface area contributed by atoms with E-state index in [1.165, 1.54) is 0 Å². The molecule has 2 N–H and O–H groups in total. The zero-order valence-corrected chi connectivity index (χ0v) is 16.6. The number of hydrogen-bond acceptors (Lipinski definition) is 5. The molecule has 150 valence electrons. The van der Waals surface area contributed by atoms with Crippen LogP contribution in [0.3, 0.4) is 0 Å². The van der Waals surface area contributed by atoms with Crippen molar-refractivity contribution in [2.45, 2.75) is 19.4 Å². The molecule has 0 bridgehead atoms. The topological polar surface area (TPSA) is 75.1 Å². The van der Waals surface area contributed by atoms with E-state index in [4.69, 9.17) is 0 Å². The Kier molecular flexibility index (Phi) is 5.97. The fourth-order valence-corrected chi connectivity index (χ4v) is 3.67. The van der Waals surface area contributed by atoms with E-state index in [1.54, 1.807) is 0 Å². The minimum Gasteiger partial charge on any atom is -0.343 e. The molecule has 0 saturated carbocycles. The highest BCUT2D eigenvalue weighted by Crippen LogP contribution is 2.19. The Labute approximate surface area is 170 Å². The molecule has 1 amide bonds. The van der Waals surface area contributed by atoms with Gasteiger partial charge in [0.15, 0.2) is 0 Å². The van der Waals surface area contributed by atoms with Crippen LogP contribution in [0.15, 0.2) is 60.8 Å². The van der Waals surface area contributed by atoms with Crippen LogP contribution in [0.25, 0.3) is 5.69 Å². The zero-order chi connectivity index (χ0) is 20.1. The number of aromatic nitrogens is 3. The maximum Gasteiger partial charge on any atom is 0.227 e. The molecule has 2 aromatic heterocycles. The van der Waals surface area contributed by atoms with E-state index in [0.717, 1.165) is 42.4 Å². The number of para-hydroxylation sites is 1. The Balaban J connectivity index is 1.36. The molecule has 1 unspecified atom stereocenters. The van der Waals surface area contributed by atoms with Gasteiger partial charge in [-0.1, -0.05) is 24.3 Å². The van der Waals surface area contributed by atoms with Gasteiger partial charge in [-0.3, -0.25) is 14.7 Å². The molecular formula is C22H26N6O.